The molecule has 3 nitrogen and oxygen atoms in total. The van der Waals surface area contributed by atoms with E-state index < -0.39 is 0 Å². The molecule has 0 amide bonds. The average molecular weight is 190 g/mol. The Kier molecular flexibility index (Phi) is 2.48. The van der Waals surface area contributed by atoms with Gasteiger partial charge in [0.1, 0.15) is 5.69 Å². The molecule has 14 heavy (non-hydrogen) atoms. The SMILES string of the molecule is Cn1ccc(C(=O)C2=CCCCC2)n1. The van der Waals surface area contributed by atoms with Gasteiger partial charge in [-0.3, -0.25) is 9.48 Å². The van der Waals surface area contributed by atoms with Crippen LogP contribution in [0.3, 0.4) is 0 Å². The van der Waals surface area contributed by atoms with Gasteiger partial charge in [0.15, 0.2) is 0 Å². The van der Waals surface area contributed by atoms with Crippen molar-refractivity contribution in [3.05, 3.63) is 29.6 Å². The number of Topliss-reactive ketones (excluding diaryl/α,β-unsaturated/α-hetero) is 1. The Morgan fingerprint density at radius 1 is 1.50 bits per heavy atom. The third kappa shape index (κ3) is 1.76. The molecular formula is C11H14N2O. The van der Waals surface area contributed by atoms with Crippen LogP contribution in [0.2, 0.25) is 0 Å². The molecule has 1 aliphatic rings. The Morgan fingerprint density at radius 3 is 2.93 bits per heavy atom. The maximum atomic E-state index is 11.9. The number of carbonyl (C=O) groups excluding carboxylic acids is 1. The lowest BCUT2D eigenvalue weighted by Crippen LogP contribution is -2.07. The summed E-state index contributed by atoms with van der Waals surface area (Å²) in [6.45, 7) is 0. The van der Waals surface area contributed by atoms with Crippen molar-refractivity contribution in [2.24, 2.45) is 7.05 Å². The summed E-state index contributed by atoms with van der Waals surface area (Å²) in [5.74, 6) is 0.102. The number of carbonyl (C=O) groups is 1. The van der Waals surface area contributed by atoms with Crippen molar-refractivity contribution in [2.45, 2.75) is 25.7 Å². The lowest BCUT2D eigenvalue weighted by atomic mass is 9.95. The molecule has 0 saturated carbocycles. The maximum absolute atomic E-state index is 11.9. The van der Waals surface area contributed by atoms with Crippen molar-refractivity contribution in [2.75, 3.05) is 0 Å². The van der Waals surface area contributed by atoms with Crippen molar-refractivity contribution in [1.82, 2.24) is 9.78 Å². The Hall–Kier alpha value is -1.38. The number of aromatic nitrogens is 2. The normalized spacial score (nSPS) is 16.5. The van der Waals surface area contributed by atoms with Crippen LogP contribution in [0.15, 0.2) is 23.9 Å². The largest absolute Gasteiger partial charge is 0.287 e. The standard InChI is InChI=1S/C11H14N2O/c1-13-8-7-10(12-13)11(14)9-5-3-2-4-6-9/h5,7-8H,2-4,6H2,1H3. The molecule has 0 atom stereocenters. The van der Waals surface area contributed by atoms with Crippen LogP contribution in [0.4, 0.5) is 0 Å². The molecule has 1 aromatic rings. The number of ketones is 1. The molecule has 3 heteroatoms. The number of hydrogen-bond acceptors (Lipinski definition) is 2. The van der Waals surface area contributed by atoms with E-state index in [1.807, 2.05) is 7.05 Å². The smallest absolute Gasteiger partial charge is 0.208 e. The fraction of sp³-hybridized carbons (Fsp3) is 0.455. The number of rotatable bonds is 2. The zero-order chi connectivity index (χ0) is 9.97. The summed E-state index contributed by atoms with van der Waals surface area (Å²) < 4.78 is 1.66. The van der Waals surface area contributed by atoms with Gasteiger partial charge >= 0.3 is 0 Å². The van der Waals surface area contributed by atoms with Crippen LogP contribution in [-0.4, -0.2) is 15.6 Å². The second-order valence-corrected chi connectivity index (χ2v) is 3.68. The molecule has 0 aromatic carbocycles. The molecule has 0 aliphatic heterocycles. The van der Waals surface area contributed by atoms with Crippen LogP contribution >= 0.6 is 0 Å². The van der Waals surface area contributed by atoms with E-state index >= 15 is 0 Å². The lowest BCUT2D eigenvalue weighted by Gasteiger charge is -2.09. The monoisotopic (exact) mass is 190 g/mol. The first kappa shape index (κ1) is 9.19. The van der Waals surface area contributed by atoms with E-state index in [2.05, 4.69) is 11.2 Å². The fourth-order valence-corrected chi connectivity index (χ4v) is 1.75. The molecule has 0 radical (unpaired) electrons. The zero-order valence-corrected chi connectivity index (χ0v) is 8.36. The first-order valence-corrected chi connectivity index (χ1v) is 5.01. The molecule has 74 valence electrons. The van der Waals surface area contributed by atoms with E-state index in [0.29, 0.717) is 5.69 Å². The molecule has 0 N–H and O–H groups in total. The van der Waals surface area contributed by atoms with Crippen molar-refractivity contribution in [1.29, 1.82) is 0 Å². The predicted molar refractivity (Wildman–Crippen MR) is 54.1 cm³/mol. The van der Waals surface area contributed by atoms with Gasteiger partial charge in [0.2, 0.25) is 5.78 Å². The summed E-state index contributed by atoms with van der Waals surface area (Å²) in [6.07, 6.45) is 8.14. The van der Waals surface area contributed by atoms with Gasteiger partial charge in [-0.2, -0.15) is 5.10 Å². The summed E-state index contributed by atoms with van der Waals surface area (Å²) in [5, 5.41) is 4.11. The van der Waals surface area contributed by atoms with E-state index in [1.165, 1.54) is 6.42 Å². The molecule has 0 spiro atoms. The van der Waals surface area contributed by atoms with Gasteiger partial charge in [-0.25, -0.2) is 0 Å². The Balaban J connectivity index is 2.19. The van der Waals surface area contributed by atoms with E-state index in [1.54, 1.807) is 16.9 Å². The quantitative estimate of drug-likeness (QED) is 0.669. The van der Waals surface area contributed by atoms with Crippen molar-refractivity contribution in [3.63, 3.8) is 0 Å². The van der Waals surface area contributed by atoms with E-state index in [-0.39, 0.29) is 5.78 Å². The van der Waals surface area contributed by atoms with Gasteiger partial charge in [-0.1, -0.05) is 6.08 Å². The Labute approximate surface area is 83.4 Å². The van der Waals surface area contributed by atoms with Gasteiger partial charge in [-0.05, 0) is 37.3 Å². The predicted octanol–water partition coefficient (Wildman–Crippen LogP) is 2.10. The second-order valence-electron chi connectivity index (χ2n) is 3.68. The first-order valence-electron chi connectivity index (χ1n) is 5.01. The maximum Gasteiger partial charge on any atom is 0.208 e. The van der Waals surface area contributed by atoms with E-state index in [9.17, 15) is 4.79 Å². The van der Waals surface area contributed by atoms with Crippen LogP contribution < -0.4 is 0 Å². The molecule has 1 aromatic heterocycles. The molecule has 0 unspecified atom stereocenters. The molecule has 1 aliphatic carbocycles. The highest BCUT2D eigenvalue weighted by Gasteiger charge is 2.16. The summed E-state index contributed by atoms with van der Waals surface area (Å²) in [7, 11) is 1.83. The minimum atomic E-state index is 0.102. The van der Waals surface area contributed by atoms with Crippen molar-refractivity contribution >= 4 is 5.78 Å². The zero-order valence-electron chi connectivity index (χ0n) is 8.36. The summed E-state index contributed by atoms with van der Waals surface area (Å²) >= 11 is 0. The molecule has 1 heterocycles. The van der Waals surface area contributed by atoms with Gasteiger partial charge in [0.05, 0.1) is 0 Å². The Morgan fingerprint density at radius 2 is 2.36 bits per heavy atom. The summed E-state index contributed by atoms with van der Waals surface area (Å²) in [6, 6.07) is 1.78. The summed E-state index contributed by atoms with van der Waals surface area (Å²) in [4.78, 5) is 11.9. The molecule has 0 fully saturated rings. The minimum Gasteiger partial charge on any atom is -0.287 e. The van der Waals surface area contributed by atoms with Crippen LogP contribution in [0, 0.1) is 0 Å². The molecular weight excluding hydrogens is 176 g/mol. The fourth-order valence-electron chi connectivity index (χ4n) is 1.75. The number of hydrogen-bond donors (Lipinski definition) is 0. The third-order valence-electron chi connectivity index (χ3n) is 2.53. The third-order valence-corrected chi connectivity index (χ3v) is 2.53. The van der Waals surface area contributed by atoms with Gasteiger partial charge < -0.3 is 0 Å². The highest BCUT2D eigenvalue weighted by atomic mass is 16.1. The molecule has 0 saturated heterocycles. The second kappa shape index (κ2) is 3.78. The van der Waals surface area contributed by atoms with Crippen molar-refractivity contribution < 1.29 is 4.79 Å². The molecule has 2 rings (SSSR count). The van der Waals surface area contributed by atoms with Crippen LogP contribution in [0.5, 0.6) is 0 Å². The van der Waals surface area contributed by atoms with Crippen molar-refractivity contribution in [3.8, 4) is 0 Å². The number of nitrogens with zero attached hydrogens (tertiary/aromatic N) is 2. The highest BCUT2D eigenvalue weighted by Crippen LogP contribution is 2.20. The first-order chi connectivity index (χ1) is 6.77. The van der Waals surface area contributed by atoms with Crippen LogP contribution in [-0.2, 0) is 7.05 Å². The van der Waals surface area contributed by atoms with E-state index in [0.717, 1.165) is 24.8 Å². The minimum absolute atomic E-state index is 0.102. The van der Waals surface area contributed by atoms with E-state index in [4.69, 9.17) is 0 Å². The topological polar surface area (TPSA) is 34.9 Å². The lowest BCUT2D eigenvalue weighted by molar-refractivity contribution is 0.102. The highest BCUT2D eigenvalue weighted by molar-refractivity contribution is 6.07. The molecule has 0 bridgehead atoms. The van der Waals surface area contributed by atoms with Gasteiger partial charge in [-0.15, -0.1) is 0 Å². The van der Waals surface area contributed by atoms with Gasteiger partial charge in [0.25, 0.3) is 0 Å². The van der Waals surface area contributed by atoms with Gasteiger partial charge in [0, 0.05) is 13.2 Å². The number of aryl methyl sites for hydroxylation is 1. The summed E-state index contributed by atoms with van der Waals surface area (Å²) in [5.41, 5.74) is 1.51. The average Bonchev–Trinajstić information content (AvgIpc) is 2.65. The van der Waals surface area contributed by atoms with Crippen LogP contribution in [0.25, 0.3) is 0 Å². The number of allylic oxidation sites excluding steroid dienone is 2. The Bertz CT molecular complexity index is 376. The van der Waals surface area contributed by atoms with Crippen LogP contribution in [0.1, 0.15) is 36.2 Å².